The van der Waals surface area contributed by atoms with Crippen molar-refractivity contribution in [3.8, 4) is 0 Å². The first kappa shape index (κ1) is 20.6. The lowest BCUT2D eigenvalue weighted by atomic mass is 9.62. The minimum Gasteiger partial charge on any atom is -0.289 e. The molecule has 2 aliphatic carbocycles. The monoisotopic (exact) mass is 459 g/mol. The third-order valence-corrected chi connectivity index (χ3v) is 8.71. The van der Waals surface area contributed by atoms with Crippen LogP contribution >= 0.6 is 0 Å². The topological polar surface area (TPSA) is 61.8 Å². The Hall–Kier alpha value is -2.27. The fourth-order valence-electron chi connectivity index (χ4n) is 5.20. The molecule has 0 amide bonds. The quantitative estimate of drug-likeness (QED) is 0.546. The third-order valence-electron chi connectivity index (χ3n) is 6.66. The molecular formula is C20H18F5N3O2S. The molecule has 2 aliphatic heterocycles. The Kier molecular flexibility index (Phi) is 4.40. The van der Waals surface area contributed by atoms with Gasteiger partial charge in [-0.05, 0) is 67.7 Å². The standard InChI is InChI=1S/C20H18F5N3O2S/c21-15-7-8-16-19(14(9-10-26-16)11-1-2-11)17(15)28(25)27-18(19)31(29,30)13-5-3-12(4-6-13)20(22,23)24/h3-8,10-11,14,16,18,27H,1-2,9H2/t14?,16?,18-,19?/m1/s1. The summed E-state index contributed by atoms with van der Waals surface area (Å²) < 4.78 is 95.7. The molecule has 4 atom stereocenters. The van der Waals surface area contributed by atoms with Gasteiger partial charge in [0.25, 0.3) is 0 Å². The number of allylic oxidation sites excluding steroid dienone is 2. The predicted molar refractivity (Wildman–Crippen MR) is 101 cm³/mol. The fraction of sp³-hybridized carbons (Fsp3) is 0.450. The molecule has 2 heterocycles. The van der Waals surface area contributed by atoms with Crippen molar-refractivity contribution in [2.24, 2.45) is 22.2 Å². The summed E-state index contributed by atoms with van der Waals surface area (Å²) in [5, 5.41) is -1.71. The molecule has 5 nitrogen and oxygen atoms in total. The van der Waals surface area contributed by atoms with Crippen LogP contribution < -0.4 is 5.43 Å². The van der Waals surface area contributed by atoms with Gasteiger partial charge in [0.15, 0.2) is 9.84 Å². The highest BCUT2D eigenvalue weighted by Gasteiger charge is 2.68. The Labute approximate surface area is 175 Å². The number of hydrogen-bond donors (Lipinski definition) is 1. The molecule has 4 aliphatic rings. The van der Waals surface area contributed by atoms with Gasteiger partial charge in [-0.3, -0.25) is 4.99 Å². The SMILES string of the molecule is O=S(=O)(c1ccc(C(F)(F)F)cc1)[C@H]1NN(F)C2=C(F)C=CC3N=CCC(C4CC4)C231. The van der Waals surface area contributed by atoms with Crippen LogP contribution in [0.25, 0.3) is 0 Å². The average molecular weight is 459 g/mol. The summed E-state index contributed by atoms with van der Waals surface area (Å²) in [6, 6.07) is 2.22. The molecular weight excluding hydrogens is 441 g/mol. The number of aliphatic imine (C=N–C) groups is 1. The Morgan fingerprint density at radius 2 is 1.84 bits per heavy atom. The van der Waals surface area contributed by atoms with E-state index in [1.165, 1.54) is 6.08 Å². The number of hydrazine groups is 1. The summed E-state index contributed by atoms with van der Waals surface area (Å²) in [7, 11) is -4.41. The molecule has 1 aromatic carbocycles. The van der Waals surface area contributed by atoms with Crippen LogP contribution in [0.5, 0.6) is 0 Å². The van der Waals surface area contributed by atoms with Crippen LogP contribution in [0.2, 0.25) is 0 Å². The van der Waals surface area contributed by atoms with Gasteiger partial charge in [-0.25, -0.2) is 12.8 Å². The van der Waals surface area contributed by atoms with Crippen molar-refractivity contribution in [1.29, 1.82) is 0 Å². The lowest BCUT2D eigenvalue weighted by molar-refractivity contribution is -0.137. The normalized spacial score (nSPS) is 32.9. The molecule has 1 aromatic rings. The molecule has 1 saturated heterocycles. The molecule has 0 bridgehead atoms. The summed E-state index contributed by atoms with van der Waals surface area (Å²) in [4.78, 5) is 3.96. The zero-order chi connectivity index (χ0) is 22.2. The highest BCUT2D eigenvalue weighted by molar-refractivity contribution is 7.92. The maximum atomic E-state index is 15.0. The van der Waals surface area contributed by atoms with Crippen molar-refractivity contribution in [2.45, 2.75) is 41.7 Å². The van der Waals surface area contributed by atoms with Crippen molar-refractivity contribution >= 4 is 16.1 Å². The van der Waals surface area contributed by atoms with Crippen LogP contribution in [-0.4, -0.2) is 31.3 Å². The van der Waals surface area contributed by atoms with Crippen molar-refractivity contribution in [3.05, 3.63) is 53.5 Å². The number of nitrogens with zero attached hydrogens (tertiary/aromatic N) is 2. The molecule has 166 valence electrons. The first-order chi connectivity index (χ1) is 14.6. The van der Waals surface area contributed by atoms with Gasteiger partial charge in [0, 0.05) is 0 Å². The van der Waals surface area contributed by atoms with Crippen molar-refractivity contribution < 1.29 is 30.5 Å². The average Bonchev–Trinajstić information content (AvgIpc) is 3.50. The molecule has 2 fully saturated rings. The van der Waals surface area contributed by atoms with Crippen molar-refractivity contribution in [1.82, 2.24) is 10.7 Å². The molecule has 0 radical (unpaired) electrons. The van der Waals surface area contributed by atoms with Crippen LogP contribution in [0.1, 0.15) is 24.8 Å². The van der Waals surface area contributed by atoms with E-state index in [0.29, 0.717) is 18.6 Å². The zero-order valence-corrected chi connectivity index (χ0v) is 16.8. The first-order valence-corrected chi connectivity index (χ1v) is 11.4. The number of rotatable bonds is 3. The summed E-state index contributed by atoms with van der Waals surface area (Å²) in [5.74, 6) is -1.19. The zero-order valence-electron chi connectivity index (χ0n) is 16.0. The van der Waals surface area contributed by atoms with Crippen molar-refractivity contribution in [3.63, 3.8) is 0 Å². The summed E-state index contributed by atoms with van der Waals surface area (Å²) in [6.07, 6.45) is 1.52. The molecule has 5 rings (SSSR count). The molecule has 1 saturated carbocycles. The summed E-state index contributed by atoms with van der Waals surface area (Å²) >= 11 is 0. The van der Waals surface area contributed by atoms with Gasteiger partial charge in [0.1, 0.15) is 16.9 Å². The lowest BCUT2D eigenvalue weighted by Gasteiger charge is -2.47. The van der Waals surface area contributed by atoms with Crippen LogP contribution in [0.3, 0.4) is 0 Å². The van der Waals surface area contributed by atoms with Gasteiger partial charge in [-0.2, -0.15) is 18.6 Å². The lowest BCUT2D eigenvalue weighted by Crippen LogP contribution is -2.56. The van der Waals surface area contributed by atoms with Gasteiger partial charge in [0.2, 0.25) is 0 Å². The van der Waals surface area contributed by atoms with Gasteiger partial charge in [-0.15, -0.1) is 5.23 Å². The van der Waals surface area contributed by atoms with Gasteiger partial charge in [-0.1, -0.05) is 10.6 Å². The first-order valence-electron chi connectivity index (χ1n) is 9.81. The van der Waals surface area contributed by atoms with E-state index < -0.39 is 54.8 Å². The van der Waals surface area contributed by atoms with E-state index in [9.17, 15) is 30.5 Å². The second-order valence-corrected chi connectivity index (χ2v) is 10.3. The van der Waals surface area contributed by atoms with Crippen LogP contribution in [0.15, 0.2) is 57.8 Å². The number of hydrogen-bond acceptors (Lipinski definition) is 5. The van der Waals surface area contributed by atoms with Gasteiger partial charge in [0.05, 0.1) is 21.9 Å². The fourth-order valence-corrected chi connectivity index (χ4v) is 7.16. The minimum absolute atomic E-state index is 0.0853. The van der Waals surface area contributed by atoms with E-state index in [1.807, 2.05) is 0 Å². The van der Waals surface area contributed by atoms with Gasteiger partial charge < -0.3 is 0 Å². The van der Waals surface area contributed by atoms with Crippen molar-refractivity contribution in [2.75, 3.05) is 0 Å². The third kappa shape index (κ3) is 2.89. The minimum atomic E-state index is -4.63. The van der Waals surface area contributed by atoms with Gasteiger partial charge >= 0.3 is 6.18 Å². The number of halogens is 5. The molecule has 0 aromatic heterocycles. The van der Waals surface area contributed by atoms with E-state index >= 15 is 0 Å². The number of alkyl halides is 3. The van der Waals surface area contributed by atoms with Crippen LogP contribution in [-0.2, 0) is 16.0 Å². The Bertz CT molecular complexity index is 1110. The maximum Gasteiger partial charge on any atom is 0.416 e. The number of sulfone groups is 1. The highest BCUT2D eigenvalue weighted by atomic mass is 32.2. The second kappa shape index (κ2) is 6.61. The van der Waals surface area contributed by atoms with E-state index in [-0.39, 0.29) is 17.1 Å². The van der Waals surface area contributed by atoms with E-state index in [2.05, 4.69) is 10.4 Å². The highest BCUT2D eigenvalue weighted by Crippen LogP contribution is 2.62. The summed E-state index contributed by atoms with van der Waals surface area (Å²) in [6.45, 7) is 0. The van der Waals surface area contributed by atoms with E-state index in [1.54, 1.807) is 6.21 Å². The van der Waals surface area contributed by atoms with Crippen LogP contribution in [0, 0.1) is 17.3 Å². The van der Waals surface area contributed by atoms with E-state index in [4.69, 9.17) is 0 Å². The Balaban J connectivity index is 1.66. The molecule has 3 unspecified atom stereocenters. The largest absolute Gasteiger partial charge is 0.416 e. The molecule has 11 heteroatoms. The van der Waals surface area contributed by atoms with Crippen LogP contribution in [0.4, 0.5) is 22.0 Å². The summed E-state index contributed by atoms with van der Waals surface area (Å²) in [5.41, 5.74) is -0.688. The number of nitrogens with one attached hydrogen (secondary N) is 1. The number of benzene rings is 1. The maximum absolute atomic E-state index is 15.0. The molecule has 31 heavy (non-hydrogen) atoms. The molecule has 1 N–H and O–H groups in total. The van der Waals surface area contributed by atoms with E-state index in [0.717, 1.165) is 31.1 Å². The predicted octanol–water partition coefficient (Wildman–Crippen LogP) is 4.12. The second-order valence-electron chi connectivity index (χ2n) is 8.30. The Morgan fingerprint density at radius 3 is 2.45 bits per heavy atom. The smallest absolute Gasteiger partial charge is 0.289 e. The molecule has 1 spiro atoms. The Morgan fingerprint density at radius 1 is 1.16 bits per heavy atom.